The van der Waals surface area contributed by atoms with Crippen LogP contribution in [0.4, 0.5) is 28.9 Å². The first-order valence-electron chi connectivity index (χ1n) is 10.2. The van der Waals surface area contributed by atoms with E-state index in [-0.39, 0.29) is 27.0 Å². The molecule has 2 amide bonds. The molecule has 1 aromatic heterocycles. The molecule has 1 heterocycles. The Labute approximate surface area is 226 Å². The maximum Gasteiger partial charge on any atom is 0.573 e. The molecule has 1 fully saturated rings. The quantitative estimate of drug-likeness (QED) is 0.179. The monoisotopic (exact) mass is 595 g/mol. The van der Waals surface area contributed by atoms with E-state index >= 15 is 0 Å². The third kappa shape index (κ3) is 6.20. The van der Waals surface area contributed by atoms with Crippen LogP contribution in [0.15, 0.2) is 54.7 Å². The molecular formula is C23H13Cl4F4N3O3. The minimum absolute atomic E-state index is 0.00573. The van der Waals surface area contributed by atoms with Gasteiger partial charge >= 0.3 is 6.36 Å². The van der Waals surface area contributed by atoms with Gasteiger partial charge in [-0.05, 0) is 48.0 Å². The molecule has 2 atom stereocenters. The van der Waals surface area contributed by atoms with Crippen molar-refractivity contribution in [1.82, 2.24) is 4.98 Å². The Morgan fingerprint density at radius 2 is 1.65 bits per heavy atom. The number of benzene rings is 2. The third-order valence-corrected chi connectivity index (χ3v) is 6.91. The van der Waals surface area contributed by atoms with Crippen molar-refractivity contribution in [2.45, 2.75) is 16.6 Å². The minimum Gasteiger partial charge on any atom is -0.404 e. The molecule has 0 radical (unpaired) electrons. The molecule has 0 spiro atoms. The van der Waals surface area contributed by atoms with Gasteiger partial charge < -0.3 is 15.4 Å². The van der Waals surface area contributed by atoms with Crippen LogP contribution in [0.25, 0.3) is 0 Å². The van der Waals surface area contributed by atoms with Crippen molar-refractivity contribution in [1.29, 1.82) is 0 Å². The molecule has 2 N–H and O–H groups in total. The van der Waals surface area contributed by atoms with Crippen LogP contribution in [0, 0.1) is 11.9 Å². The van der Waals surface area contributed by atoms with E-state index in [1.807, 2.05) is 0 Å². The fourth-order valence-electron chi connectivity index (χ4n) is 3.63. The van der Waals surface area contributed by atoms with Crippen molar-refractivity contribution < 1.29 is 31.9 Å². The van der Waals surface area contributed by atoms with Crippen LogP contribution in [0.2, 0.25) is 10.0 Å². The van der Waals surface area contributed by atoms with E-state index in [2.05, 4.69) is 20.4 Å². The first-order valence-corrected chi connectivity index (χ1v) is 11.7. The lowest BCUT2D eigenvalue weighted by atomic mass is 10.1. The molecule has 14 heteroatoms. The summed E-state index contributed by atoms with van der Waals surface area (Å²) in [6.45, 7) is 0. The summed E-state index contributed by atoms with van der Waals surface area (Å²) in [4.78, 5) is 29.0. The maximum atomic E-state index is 13.0. The highest BCUT2D eigenvalue weighted by Crippen LogP contribution is 2.65. The molecule has 0 bridgehead atoms. The Hall–Kier alpha value is -2.79. The molecule has 2 unspecified atom stereocenters. The normalized spacial score (nSPS) is 18.2. The summed E-state index contributed by atoms with van der Waals surface area (Å²) < 4.78 is 52.7. The van der Waals surface area contributed by atoms with E-state index in [4.69, 9.17) is 46.4 Å². The van der Waals surface area contributed by atoms with E-state index in [0.717, 1.165) is 18.3 Å². The number of pyridine rings is 1. The molecule has 0 saturated heterocycles. The number of nitrogens with one attached hydrogen (secondary N) is 2. The number of hydrogen-bond donors (Lipinski definition) is 2. The van der Waals surface area contributed by atoms with Crippen LogP contribution in [0.3, 0.4) is 0 Å². The number of aromatic nitrogens is 1. The van der Waals surface area contributed by atoms with E-state index in [1.165, 1.54) is 36.4 Å². The largest absolute Gasteiger partial charge is 0.573 e. The molecule has 1 saturated carbocycles. The maximum absolute atomic E-state index is 13.0. The Bertz CT molecular complexity index is 1370. The zero-order valence-electron chi connectivity index (χ0n) is 18.0. The van der Waals surface area contributed by atoms with Crippen LogP contribution >= 0.6 is 46.4 Å². The topological polar surface area (TPSA) is 80.3 Å². The van der Waals surface area contributed by atoms with Gasteiger partial charge in [0.25, 0.3) is 5.91 Å². The first kappa shape index (κ1) is 27.3. The van der Waals surface area contributed by atoms with Crippen LogP contribution in [-0.2, 0) is 4.79 Å². The second kappa shape index (κ2) is 10.2. The van der Waals surface area contributed by atoms with Crippen molar-refractivity contribution in [2.75, 3.05) is 10.6 Å². The van der Waals surface area contributed by atoms with Gasteiger partial charge in [0.1, 0.15) is 10.1 Å². The number of rotatable bonds is 6. The lowest BCUT2D eigenvalue weighted by molar-refractivity contribution is -0.274. The number of nitrogens with zero attached hydrogens (tertiary/aromatic N) is 1. The van der Waals surface area contributed by atoms with E-state index < -0.39 is 46.0 Å². The summed E-state index contributed by atoms with van der Waals surface area (Å²) in [7, 11) is 0. The lowest BCUT2D eigenvalue weighted by Crippen LogP contribution is -2.18. The molecule has 1 aliphatic carbocycles. The fraction of sp³-hybridized carbons (Fsp3) is 0.174. The summed E-state index contributed by atoms with van der Waals surface area (Å²) in [6.07, 6.45) is -3.81. The van der Waals surface area contributed by atoms with Gasteiger partial charge in [-0.3, -0.25) is 9.59 Å². The van der Waals surface area contributed by atoms with Crippen molar-refractivity contribution in [2.24, 2.45) is 5.92 Å². The second-order valence-corrected chi connectivity index (χ2v) is 10.1. The first-order chi connectivity index (χ1) is 17.3. The van der Waals surface area contributed by atoms with Crippen molar-refractivity contribution in [3.63, 3.8) is 0 Å². The summed E-state index contributed by atoms with van der Waals surface area (Å²) in [5.74, 6) is -4.36. The van der Waals surface area contributed by atoms with Crippen molar-refractivity contribution >= 4 is 69.6 Å². The third-order valence-electron chi connectivity index (χ3n) is 5.34. The van der Waals surface area contributed by atoms with Gasteiger partial charge in [0.15, 0.2) is 0 Å². The van der Waals surface area contributed by atoms with Crippen LogP contribution in [0.5, 0.6) is 5.75 Å². The predicted octanol–water partition coefficient (Wildman–Crippen LogP) is 7.20. The van der Waals surface area contributed by atoms with Crippen LogP contribution in [0.1, 0.15) is 21.8 Å². The molecule has 3 aromatic rings. The average molecular weight is 597 g/mol. The smallest absolute Gasteiger partial charge is 0.404 e. The number of amides is 2. The second-order valence-electron chi connectivity index (χ2n) is 7.88. The van der Waals surface area contributed by atoms with Gasteiger partial charge in [0.2, 0.25) is 11.9 Å². The molecule has 37 heavy (non-hydrogen) atoms. The van der Waals surface area contributed by atoms with Crippen LogP contribution in [-0.4, -0.2) is 27.5 Å². The highest BCUT2D eigenvalue weighted by Gasteiger charge is 2.67. The zero-order valence-corrected chi connectivity index (χ0v) is 21.1. The molecule has 2 aromatic carbocycles. The van der Waals surface area contributed by atoms with Crippen molar-refractivity contribution in [3.8, 4) is 5.75 Å². The number of ether oxygens (including phenoxy) is 1. The fourth-order valence-corrected chi connectivity index (χ4v) is 4.89. The summed E-state index contributed by atoms with van der Waals surface area (Å²) in [5.41, 5.74) is 0.746. The molecule has 0 aliphatic heterocycles. The van der Waals surface area contributed by atoms with Crippen molar-refractivity contribution in [3.05, 3.63) is 81.8 Å². The van der Waals surface area contributed by atoms with Gasteiger partial charge in [0, 0.05) is 11.6 Å². The zero-order chi connectivity index (χ0) is 27.1. The Kier molecular flexibility index (Phi) is 7.49. The SMILES string of the molecule is O=C(Nc1ccc(F)nc1)c1cc(NC(=O)C2C(c3ccc(OC(F)(F)F)c(Cl)c3)C2(Cl)Cl)ccc1Cl. The van der Waals surface area contributed by atoms with E-state index in [1.54, 1.807) is 0 Å². The van der Waals surface area contributed by atoms with E-state index in [9.17, 15) is 27.2 Å². The van der Waals surface area contributed by atoms with Crippen LogP contribution < -0.4 is 15.4 Å². The number of halogens is 8. The number of anilines is 2. The number of carbonyl (C=O) groups excluding carboxylic acids is 2. The summed E-state index contributed by atoms with van der Waals surface area (Å²) in [5, 5.41) is 4.84. The molecule has 194 valence electrons. The van der Waals surface area contributed by atoms with Gasteiger partial charge in [-0.2, -0.15) is 4.39 Å². The minimum atomic E-state index is -4.93. The summed E-state index contributed by atoms with van der Waals surface area (Å²) in [6, 6.07) is 9.98. The average Bonchev–Trinajstić information content (AvgIpc) is 3.39. The number of alkyl halides is 5. The summed E-state index contributed by atoms with van der Waals surface area (Å²) >= 11 is 24.6. The van der Waals surface area contributed by atoms with Gasteiger partial charge in [-0.25, -0.2) is 4.98 Å². The Morgan fingerprint density at radius 3 is 2.27 bits per heavy atom. The standard InChI is InChI=1S/C23H13Cl4F4N3O3/c24-14-4-2-11(8-13(14)20(35)34-12-3-6-17(28)32-9-12)33-21(36)19-18(22(19,26)27)10-1-5-16(15(25)7-10)37-23(29,30)31/h1-9,18-19H,(H,33,36)(H,34,35). The number of carbonyl (C=O) groups is 2. The molecule has 6 nitrogen and oxygen atoms in total. The molecule has 4 rings (SSSR count). The lowest BCUT2D eigenvalue weighted by Gasteiger charge is -2.11. The highest BCUT2D eigenvalue weighted by molar-refractivity contribution is 6.53. The number of hydrogen-bond acceptors (Lipinski definition) is 4. The van der Waals surface area contributed by atoms with E-state index in [0.29, 0.717) is 5.56 Å². The molecular weight excluding hydrogens is 584 g/mol. The Morgan fingerprint density at radius 1 is 0.946 bits per heavy atom. The predicted molar refractivity (Wildman–Crippen MR) is 131 cm³/mol. The Balaban J connectivity index is 1.48. The van der Waals surface area contributed by atoms with Gasteiger partial charge in [-0.1, -0.05) is 29.3 Å². The highest BCUT2D eigenvalue weighted by atomic mass is 35.5. The van der Waals surface area contributed by atoms with Gasteiger partial charge in [0.05, 0.1) is 33.4 Å². The van der Waals surface area contributed by atoms with Gasteiger partial charge in [-0.15, -0.1) is 36.4 Å². The molecule has 1 aliphatic rings.